The molecule has 0 aromatic heterocycles. The number of hydrogen-bond acceptors (Lipinski definition) is 6. The van der Waals surface area contributed by atoms with Crippen molar-refractivity contribution in [2.24, 2.45) is 0 Å². The van der Waals surface area contributed by atoms with E-state index in [1.807, 2.05) is 6.07 Å². The van der Waals surface area contributed by atoms with Crippen LogP contribution in [0.15, 0.2) is 48.0 Å². The van der Waals surface area contributed by atoms with Crippen LogP contribution in [-0.2, 0) is 9.53 Å². The molecule has 0 bridgehead atoms. The monoisotopic (exact) mass is 422 g/mol. The van der Waals surface area contributed by atoms with Gasteiger partial charge in [0.1, 0.15) is 11.6 Å². The molecule has 2 aromatic carbocycles. The van der Waals surface area contributed by atoms with Crippen molar-refractivity contribution in [3.05, 3.63) is 59.2 Å². The third-order valence-electron chi connectivity index (χ3n) is 4.27. The van der Waals surface area contributed by atoms with Gasteiger partial charge in [0.15, 0.2) is 11.5 Å². The summed E-state index contributed by atoms with van der Waals surface area (Å²) < 4.78 is 16.0. The lowest BCUT2D eigenvalue weighted by Gasteiger charge is -2.11. The molecule has 0 atom stereocenters. The predicted octanol–water partition coefficient (Wildman–Crippen LogP) is 4.60. The number of amides is 1. The number of anilines is 1. The summed E-state index contributed by atoms with van der Waals surface area (Å²) in [5.74, 6) is 0.137. The number of nitriles is 1. The quantitative estimate of drug-likeness (QED) is 0.260. The number of carbonyl (C=O) groups excluding carboxylic acids is 2. The van der Waals surface area contributed by atoms with Crippen LogP contribution in [0.4, 0.5) is 5.69 Å². The first-order valence-electron chi connectivity index (χ1n) is 10.0. The second kappa shape index (κ2) is 12.0. The third-order valence-corrected chi connectivity index (χ3v) is 4.27. The van der Waals surface area contributed by atoms with Crippen LogP contribution in [0.3, 0.4) is 0 Å². The Morgan fingerprint density at radius 3 is 2.45 bits per heavy atom. The molecule has 0 spiro atoms. The number of nitrogens with one attached hydrogen (secondary N) is 1. The molecule has 2 rings (SSSR count). The van der Waals surface area contributed by atoms with Gasteiger partial charge in [0.05, 0.1) is 25.9 Å². The number of methoxy groups -OCH3 is 1. The topological polar surface area (TPSA) is 97.7 Å². The van der Waals surface area contributed by atoms with Gasteiger partial charge < -0.3 is 19.5 Å². The molecule has 31 heavy (non-hydrogen) atoms. The van der Waals surface area contributed by atoms with E-state index in [1.54, 1.807) is 49.4 Å². The fourth-order valence-electron chi connectivity index (χ4n) is 2.64. The van der Waals surface area contributed by atoms with Crippen molar-refractivity contribution in [3.63, 3.8) is 0 Å². The van der Waals surface area contributed by atoms with Gasteiger partial charge in [0, 0.05) is 5.69 Å². The van der Waals surface area contributed by atoms with Crippen molar-refractivity contribution in [2.75, 3.05) is 25.6 Å². The average molecular weight is 422 g/mol. The minimum absolute atomic E-state index is 0.0730. The minimum Gasteiger partial charge on any atom is -0.493 e. The number of carbonyl (C=O) groups is 2. The molecule has 0 aliphatic rings. The van der Waals surface area contributed by atoms with E-state index in [2.05, 4.69) is 12.2 Å². The van der Waals surface area contributed by atoms with Gasteiger partial charge in [0.2, 0.25) is 0 Å². The van der Waals surface area contributed by atoms with Crippen LogP contribution in [0.5, 0.6) is 11.5 Å². The van der Waals surface area contributed by atoms with Gasteiger partial charge in [-0.3, -0.25) is 4.79 Å². The Hall–Kier alpha value is -3.79. The first-order valence-corrected chi connectivity index (χ1v) is 10.0. The molecule has 7 heteroatoms. The van der Waals surface area contributed by atoms with Crippen molar-refractivity contribution < 1.29 is 23.8 Å². The molecule has 0 aliphatic heterocycles. The Balaban J connectivity index is 2.13. The summed E-state index contributed by atoms with van der Waals surface area (Å²) in [7, 11) is 1.54. The number of esters is 1. The summed E-state index contributed by atoms with van der Waals surface area (Å²) in [6.07, 6.45) is 3.43. The number of rotatable bonds is 10. The molecule has 7 nitrogen and oxygen atoms in total. The Bertz CT molecular complexity index is 974. The van der Waals surface area contributed by atoms with Gasteiger partial charge in [-0.05, 0) is 61.4 Å². The first-order chi connectivity index (χ1) is 15.0. The molecular formula is C24H26N2O5. The summed E-state index contributed by atoms with van der Waals surface area (Å²) in [5, 5.41) is 12.1. The highest BCUT2D eigenvalue weighted by molar-refractivity contribution is 6.09. The highest BCUT2D eigenvalue weighted by Crippen LogP contribution is 2.29. The number of hydrogen-bond donors (Lipinski definition) is 1. The predicted molar refractivity (Wildman–Crippen MR) is 118 cm³/mol. The van der Waals surface area contributed by atoms with E-state index < -0.39 is 11.9 Å². The molecule has 0 saturated carbocycles. The fraction of sp³-hybridized carbons (Fsp3) is 0.292. The molecule has 0 fully saturated rings. The Morgan fingerprint density at radius 2 is 1.84 bits per heavy atom. The van der Waals surface area contributed by atoms with Gasteiger partial charge in [-0.25, -0.2) is 4.79 Å². The highest BCUT2D eigenvalue weighted by atomic mass is 16.5. The molecule has 0 unspecified atom stereocenters. The van der Waals surface area contributed by atoms with Crippen molar-refractivity contribution in [2.45, 2.75) is 26.7 Å². The minimum atomic E-state index is -0.561. The SMILES string of the molecule is CCCCOc1ccc(C=C(C#N)C(=O)Nc2ccc(C(=O)OCC)cc2)cc1OC. The Kier molecular flexibility index (Phi) is 9.12. The van der Waals surface area contributed by atoms with Crippen LogP contribution in [-0.4, -0.2) is 32.2 Å². The molecule has 162 valence electrons. The van der Waals surface area contributed by atoms with Gasteiger partial charge >= 0.3 is 5.97 Å². The van der Waals surface area contributed by atoms with E-state index in [1.165, 1.54) is 13.2 Å². The van der Waals surface area contributed by atoms with Crippen LogP contribution in [0.25, 0.3) is 6.08 Å². The van der Waals surface area contributed by atoms with Gasteiger partial charge in [-0.2, -0.15) is 5.26 Å². The van der Waals surface area contributed by atoms with E-state index in [-0.39, 0.29) is 12.2 Å². The van der Waals surface area contributed by atoms with Crippen LogP contribution in [0.1, 0.15) is 42.6 Å². The van der Waals surface area contributed by atoms with Gasteiger partial charge in [0.25, 0.3) is 5.91 Å². The zero-order chi connectivity index (χ0) is 22.6. The zero-order valence-electron chi connectivity index (χ0n) is 17.9. The average Bonchev–Trinajstić information content (AvgIpc) is 2.78. The lowest BCUT2D eigenvalue weighted by atomic mass is 10.1. The van der Waals surface area contributed by atoms with Crippen molar-refractivity contribution in [3.8, 4) is 17.6 Å². The maximum atomic E-state index is 12.5. The largest absolute Gasteiger partial charge is 0.493 e. The van der Waals surface area contributed by atoms with Crippen LogP contribution < -0.4 is 14.8 Å². The summed E-state index contributed by atoms with van der Waals surface area (Å²) >= 11 is 0. The summed E-state index contributed by atoms with van der Waals surface area (Å²) in [6, 6.07) is 13.4. The number of benzene rings is 2. The second-order valence-electron chi connectivity index (χ2n) is 6.53. The summed E-state index contributed by atoms with van der Waals surface area (Å²) in [5.41, 5.74) is 1.39. The van der Waals surface area contributed by atoms with E-state index in [4.69, 9.17) is 14.2 Å². The van der Waals surface area contributed by atoms with Crippen LogP contribution >= 0.6 is 0 Å². The van der Waals surface area contributed by atoms with Gasteiger partial charge in [-0.15, -0.1) is 0 Å². The molecule has 2 aromatic rings. The van der Waals surface area contributed by atoms with E-state index in [0.717, 1.165) is 12.8 Å². The Labute approximate surface area is 182 Å². The molecule has 0 aliphatic carbocycles. The molecule has 0 radical (unpaired) electrons. The number of unbranched alkanes of at least 4 members (excludes halogenated alkanes) is 1. The summed E-state index contributed by atoms with van der Waals surface area (Å²) in [4.78, 5) is 24.2. The maximum absolute atomic E-state index is 12.5. The molecule has 1 N–H and O–H groups in total. The normalized spacial score (nSPS) is 10.7. The van der Waals surface area contributed by atoms with Crippen molar-refractivity contribution in [1.82, 2.24) is 0 Å². The standard InChI is InChI=1S/C24H26N2O5/c1-4-6-13-31-21-12-7-17(15-22(21)29-3)14-19(16-25)23(27)26-20-10-8-18(9-11-20)24(28)30-5-2/h7-12,14-15H,4-6,13H2,1-3H3,(H,26,27). The second-order valence-corrected chi connectivity index (χ2v) is 6.53. The number of ether oxygens (including phenoxy) is 3. The van der Waals surface area contributed by atoms with Crippen molar-refractivity contribution >= 4 is 23.6 Å². The third kappa shape index (κ3) is 6.89. The lowest BCUT2D eigenvalue weighted by Crippen LogP contribution is -2.13. The molecule has 1 amide bonds. The van der Waals surface area contributed by atoms with Crippen LogP contribution in [0.2, 0.25) is 0 Å². The Morgan fingerprint density at radius 1 is 1.10 bits per heavy atom. The van der Waals surface area contributed by atoms with Gasteiger partial charge in [-0.1, -0.05) is 19.4 Å². The molecule has 0 saturated heterocycles. The first kappa shape index (κ1) is 23.5. The molecule has 0 heterocycles. The van der Waals surface area contributed by atoms with Crippen LogP contribution in [0, 0.1) is 11.3 Å². The van der Waals surface area contributed by atoms with E-state index in [9.17, 15) is 14.9 Å². The molecular weight excluding hydrogens is 396 g/mol. The van der Waals surface area contributed by atoms with Crippen molar-refractivity contribution in [1.29, 1.82) is 5.26 Å². The van der Waals surface area contributed by atoms with E-state index in [0.29, 0.717) is 34.9 Å². The maximum Gasteiger partial charge on any atom is 0.338 e. The van der Waals surface area contributed by atoms with E-state index >= 15 is 0 Å². The summed E-state index contributed by atoms with van der Waals surface area (Å²) in [6.45, 7) is 4.68. The lowest BCUT2D eigenvalue weighted by molar-refractivity contribution is -0.112. The highest BCUT2D eigenvalue weighted by Gasteiger charge is 2.12. The smallest absolute Gasteiger partial charge is 0.338 e. The fourth-order valence-corrected chi connectivity index (χ4v) is 2.64. The number of nitrogens with zero attached hydrogens (tertiary/aromatic N) is 1. The zero-order valence-corrected chi connectivity index (χ0v) is 17.9.